The second-order valence-corrected chi connectivity index (χ2v) is 7.16. The number of amides is 2. The number of likely N-dealkylation sites (tertiary alicyclic amines) is 1. The highest BCUT2D eigenvalue weighted by atomic mass is 32.1. The first-order valence-electron chi connectivity index (χ1n) is 8.68. The monoisotopic (exact) mass is 373 g/mol. The number of piperidine rings is 1. The fraction of sp³-hybridized carbons (Fsp3) is 0.421. The molecule has 0 spiro atoms. The number of carbonyl (C=O) groups excluding carboxylic acids is 2. The molecule has 2 amide bonds. The summed E-state index contributed by atoms with van der Waals surface area (Å²) in [6.07, 6.45) is 5.24. The van der Waals surface area contributed by atoms with Gasteiger partial charge in [-0.15, -0.1) is 0 Å². The molecule has 2 aromatic heterocycles. The maximum Gasteiger partial charge on any atom is 0.254 e. The second kappa shape index (κ2) is 8.91. The van der Waals surface area contributed by atoms with Crippen molar-refractivity contribution in [2.45, 2.75) is 25.4 Å². The van der Waals surface area contributed by atoms with E-state index >= 15 is 0 Å². The van der Waals surface area contributed by atoms with Crippen LogP contribution in [0.1, 0.15) is 28.8 Å². The van der Waals surface area contributed by atoms with Crippen LogP contribution in [-0.2, 0) is 16.1 Å². The van der Waals surface area contributed by atoms with Crippen molar-refractivity contribution in [1.29, 1.82) is 0 Å². The Balaban J connectivity index is 1.74. The fourth-order valence-electron chi connectivity index (χ4n) is 3.28. The van der Waals surface area contributed by atoms with E-state index in [4.69, 9.17) is 4.74 Å². The van der Waals surface area contributed by atoms with Crippen LogP contribution in [0.5, 0.6) is 0 Å². The van der Waals surface area contributed by atoms with Crippen molar-refractivity contribution in [3.63, 3.8) is 0 Å². The van der Waals surface area contributed by atoms with Crippen molar-refractivity contribution < 1.29 is 14.3 Å². The molecule has 1 fully saturated rings. The van der Waals surface area contributed by atoms with Gasteiger partial charge in [0.15, 0.2) is 0 Å². The maximum atomic E-state index is 12.7. The molecule has 0 aliphatic carbocycles. The van der Waals surface area contributed by atoms with E-state index in [2.05, 4.69) is 4.98 Å². The molecule has 0 saturated carbocycles. The Morgan fingerprint density at radius 3 is 3.00 bits per heavy atom. The first kappa shape index (κ1) is 18.5. The first-order valence-corrected chi connectivity index (χ1v) is 9.62. The lowest BCUT2D eigenvalue weighted by Gasteiger charge is -2.39. The van der Waals surface area contributed by atoms with Crippen LogP contribution >= 0.6 is 11.3 Å². The molecule has 1 saturated heterocycles. The highest BCUT2D eigenvalue weighted by molar-refractivity contribution is 7.08. The summed E-state index contributed by atoms with van der Waals surface area (Å²) >= 11 is 1.52. The number of carbonyl (C=O) groups is 2. The third-order valence-corrected chi connectivity index (χ3v) is 5.24. The van der Waals surface area contributed by atoms with Gasteiger partial charge in [0, 0.05) is 50.6 Å². The van der Waals surface area contributed by atoms with Crippen molar-refractivity contribution in [1.82, 2.24) is 14.8 Å². The zero-order valence-corrected chi connectivity index (χ0v) is 15.7. The average Bonchev–Trinajstić information content (AvgIpc) is 3.21. The number of pyridine rings is 1. The van der Waals surface area contributed by atoms with Crippen LogP contribution in [0.25, 0.3) is 0 Å². The summed E-state index contributed by atoms with van der Waals surface area (Å²) in [5.74, 6) is -0.0253. The zero-order chi connectivity index (χ0) is 18.4. The fourth-order valence-corrected chi connectivity index (χ4v) is 3.91. The van der Waals surface area contributed by atoms with Crippen LogP contribution in [0.15, 0.2) is 41.4 Å². The van der Waals surface area contributed by atoms with Gasteiger partial charge in [0.2, 0.25) is 5.91 Å². The molecule has 3 heterocycles. The van der Waals surface area contributed by atoms with Crippen molar-refractivity contribution >= 4 is 23.2 Å². The van der Waals surface area contributed by atoms with Gasteiger partial charge in [-0.05, 0) is 35.9 Å². The third-order valence-electron chi connectivity index (χ3n) is 4.56. The van der Waals surface area contributed by atoms with E-state index in [1.807, 2.05) is 38.8 Å². The number of hydrogen-bond donors (Lipinski definition) is 0. The van der Waals surface area contributed by atoms with E-state index in [1.165, 1.54) is 18.4 Å². The van der Waals surface area contributed by atoms with E-state index in [1.54, 1.807) is 12.4 Å². The predicted molar refractivity (Wildman–Crippen MR) is 99.9 cm³/mol. The van der Waals surface area contributed by atoms with Gasteiger partial charge in [0.25, 0.3) is 5.91 Å². The number of aromatic nitrogens is 1. The lowest BCUT2D eigenvalue weighted by atomic mass is 10.0. The summed E-state index contributed by atoms with van der Waals surface area (Å²) in [5, 5.41) is 3.78. The Hall–Kier alpha value is -2.25. The summed E-state index contributed by atoms with van der Waals surface area (Å²) in [4.78, 5) is 33.1. The Morgan fingerprint density at radius 2 is 2.31 bits per heavy atom. The van der Waals surface area contributed by atoms with Gasteiger partial charge in [-0.25, -0.2) is 0 Å². The first-order chi connectivity index (χ1) is 12.7. The van der Waals surface area contributed by atoms with Gasteiger partial charge in [0.1, 0.15) is 6.61 Å². The Labute approximate surface area is 157 Å². The van der Waals surface area contributed by atoms with E-state index in [0.29, 0.717) is 13.1 Å². The molecule has 2 aromatic rings. The third kappa shape index (κ3) is 4.47. The van der Waals surface area contributed by atoms with Gasteiger partial charge in [-0.3, -0.25) is 14.6 Å². The summed E-state index contributed by atoms with van der Waals surface area (Å²) in [6.45, 7) is 1.78. The number of methoxy groups -OCH3 is 1. The minimum absolute atomic E-state index is 0.0193. The Morgan fingerprint density at radius 1 is 1.42 bits per heavy atom. The summed E-state index contributed by atoms with van der Waals surface area (Å²) < 4.78 is 5.06. The van der Waals surface area contributed by atoms with E-state index in [0.717, 1.165) is 30.5 Å². The molecule has 0 N–H and O–H groups in total. The van der Waals surface area contributed by atoms with Crippen LogP contribution in [0.4, 0.5) is 0 Å². The minimum Gasteiger partial charge on any atom is -0.375 e. The largest absolute Gasteiger partial charge is 0.375 e. The molecule has 1 aliphatic rings. The van der Waals surface area contributed by atoms with E-state index in [-0.39, 0.29) is 24.5 Å². The molecule has 0 radical (unpaired) electrons. The number of thiophene rings is 1. The summed E-state index contributed by atoms with van der Waals surface area (Å²) in [7, 11) is 1.52. The molecule has 138 valence electrons. The molecule has 1 aliphatic heterocycles. The molecule has 6 nitrogen and oxygen atoms in total. The molecule has 0 bridgehead atoms. The smallest absolute Gasteiger partial charge is 0.254 e. The average molecular weight is 373 g/mol. The Kier molecular flexibility index (Phi) is 6.35. The molecule has 1 atom stereocenters. The SMILES string of the molecule is COCC(=O)N(Cc1cccnc1)C1CCCN(C(=O)c2ccsc2)C1. The minimum atomic E-state index is -0.0637. The highest BCUT2D eigenvalue weighted by Crippen LogP contribution is 2.21. The lowest BCUT2D eigenvalue weighted by molar-refractivity contribution is -0.139. The Bertz CT molecular complexity index is 721. The standard InChI is InChI=1S/C19H23N3O3S/c1-25-13-18(23)22(11-15-4-2-7-20-10-15)17-5-3-8-21(12-17)19(24)16-6-9-26-14-16/h2,4,6-7,9-10,14,17H,3,5,8,11-13H2,1H3. The van der Waals surface area contributed by atoms with Crippen molar-refractivity contribution in [2.24, 2.45) is 0 Å². The molecular formula is C19H23N3O3S. The second-order valence-electron chi connectivity index (χ2n) is 6.38. The van der Waals surface area contributed by atoms with Crippen LogP contribution in [0.3, 0.4) is 0 Å². The van der Waals surface area contributed by atoms with E-state index in [9.17, 15) is 9.59 Å². The topological polar surface area (TPSA) is 62.7 Å². The molecule has 1 unspecified atom stereocenters. The number of ether oxygens (including phenoxy) is 1. The highest BCUT2D eigenvalue weighted by Gasteiger charge is 2.31. The van der Waals surface area contributed by atoms with Crippen LogP contribution in [-0.4, -0.2) is 59.4 Å². The number of rotatable bonds is 6. The molecule has 26 heavy (non-hydrogen) atoms. The molecule has 0 aromatic carbocycles. The van der Waals surface area contributed by atoms with Crippen molar-refractivity contribution in [3.05, 3.63) is 52.5 Å². The van der Waals surface area contributed by atoms with Crippen LogP contribution < -0.4 is 0 Å². The summed E-state index contributed by atoms with van der Waals surface area (Å²) in [5.41, 5.74) is 1.69. The number of hydrogen-bond acceptors (Lipinski definition) is 5. The molecule has 3 rings (SSSR count). The maximum absolute atomic E-state index is 12.7. The normalized spacial score (nSPS) is 17.1. The summed E-state index contributed by atoms with van der Waals surface area (Å²) in [6, 6.07) is 5.65. The molecule has 7 heteroatoms. The van der Waals surface area contributed by atoms with Gasteiger partial charge in [0.05, 0.1) is 5.56 Å². The van der Waals surface area contributed by atoms with Gasteiger partial charge in [-0.2, -0.15) is 11.3 Å². The van der Waals surface area contributed by atoms with E-state index < -0.39 is 0 Å². The van der Waals surface area contributed by atoms with Gasteiger partial charge >= 0.3 is 0 Å². The van der Waals surface area contributed by atoms with Gasteiger partial charge in [-0.1, -0.05) is 6.07 Å². The predicted octanol–water partition coefficient (Wildman–Crippen LogP) is 2.42. The number of nitrogens with zero attached hydrogens (tertiary/aromatic N) is 3. The molecular weight excluding hydrogens is 350 g/mol. The van der Waals surface area contributed by atoms with Crippen LogP contribution in [0, 0.1) is 0 Å². The zero-order valence-electron chi connectivity index (χ0n) is 14.8. The van der Waals surface area contributed by atoms with Crippen LogP contribution in [0.2, 0.25) is 0 Å². The quantitative estimate of drug-likeness (QED) is 0.780. The van der Waals surface area contributed by atoms with Crippen molar-refractivity contribution in [3.8, 4) is 0 Å². The van der Waals surface area contributed by atoms with Crippen molar-refractivity contribution in [2.75, 3.05) is 26.8 Å². The lowest BCUT2D eigenvalue weighted by Crippen LogP contribution is -2.52. The van der Waals surface area contributed by atoms with Gasteiger partial charge < -0.3 is 14.5 Å².